The maximum absolute atomic E-state index is 11.5. The summed E-state index contributed by atoms with van der Waals surface area (Å²) in [5.41, 5.74) is 6.64. The molecular formula is C13H19NO2S. The van der Waals surface area contributed by atoms with Crippen molar-refractivity contribution in [2.24, 2.45) is 5.92 Å². The van der Waals surface area contributed by atoms with Gasteiger partial charge in [-0.15, -0.1) is 11.8 Å². The zero-order valence-electron chi connectivity index (χ0n) is 10.5. The summed E-state index contributed by atoms with van der Waals surface area (Å²) in [4.78, 5) is 12.5. The molecule has 0 atom stereocenters. The molecule has 94 valence electrons. The predicted octanol–water partition coefficient (Wildman–Crippen LogP) is 3.19. The van der Waals surface area contributed by atoms with Gasteiger partial charge < -0.3 is 10.5 Å². The maximum Gasteiger partial charge on any atom is 0.339 e. The monoisotopic (exact) mass is 253 g/mol. The SMILES string of the molecule is COC(=O)c1cc(SCCC(C)C)ccc1N. The average Bonchev–Trinajstić information content (AvgIpc) is 2.30. The molecule has 0 aliphatic heterocycles. The molecule has 0 saturated heterocycles. The summed E-state index contributed by atoms with van der Waals surface area (Å²) in [5.74, 6) is 1.35. The molecule has 0 fully saturated rings. The normalized spacial score (nSPS) is 10.6. The van der Waals surface area contributed by atoms with Crippen molar-refractivity contribution in [1.82, 2.24) is 0 Å². The number of esters is 1. The van der Waals surface area contributed by atoms with E-state index in [1.807, 2.05) is 6.07 Å². The number of carbonyl (C=O) groups excluding carboxylic acids is 1. The highest BCUT2D eigenvalue weighted by molar-refractivity contribution is 7.99. The van der Waals surface area contributed by atoms with E-state index in [1.165, 1.54) is 7.11 Å². The van der Waals surface area contributed by atoms with Crippen molar-refractivity contribution >= 4 is 23.4 Å². The van der Waals surface area contributed by atoms with Crippen LogP contribution in [0.1, 0.15) is 30.6 Å². The summed E-state index contributed by atoms with van der Waals surface area (Å²) in [6.07, 6.45) is 1.16. The number of hydrogen-bond donors (Lipinski definition) is 1. The van der Waals surface area contributed by atoms with E-state index in [-0.39, 0.29) is 5.97 Å². The Morgan fingerprint density at radius 2 is 2.18 bits per heavy atom. The lowest BCUT2D eigenvalue weighted by Crippen LogP contribution is -2.05. The molecule has 0 heterocycles. The minimum Gasteiger partial charge on any atom is -0.465 e. The molecule has 0 aliphatic carbocycles. The summed E-state index contributed by atoms with van der Waals surface area (Å²) in [7, 11) is 1.36. The second kappa shape index (κ2) is 6.55. The smallest absolute Gasteiger partial charge is 0.339 e. The molecular weight excluding hydrogens is 234 g/mol. The first-order valence-electron chi connectivity index (χ1n) is 5.65. The Morgan fingerprint density at radius 3 is 2.76 bits per heavy atom. The summed E-state index contributed by atoms with van der Waals surface area (Å²) >= 11 is 1.74. The van der Waals surface area contributed by atoms with E-state index in [2.05, 4.69) is 18.6 Å². The lowest BCUT2D eigenvalue weighted by Gasteiger charge is -2.08. The van der Waals surface area contributed by atoms with Crippen molar-refractivity contribution in [2.45, 2.75) is 25.2 Å². The van der Waals surface area contributed by atoms with Crippen molar-refractivity contribution in [2.75, 3.05) is 18.6 Å². The number of carbonyl (C=O) groups is 1. The fourth-order valence-corrected chi connectivity index (χ4v) is 2.51. The molecule has 3 nitrogen and oxygen atoms in total. The number of hydrogen-bond acceptors (Lipinski definition) is 4. The molecule has 4 heteroatoms. The molecule has 1 aromatic rings. The van der Waals surface area contributed by atoms with Crippen LogP contribution in [0.5, 0.6) is 0 Å². The van der Waals surface area contributed by atoms with Crippen LogP contribution in [0.25, 0.3) is 0 Å². The highest BCUT2D eigenvalue weighted by Gasteiger charge is 2.10. The van der Waals surface area contributed by atoms with Gasteiger partial charge in [0.2, 0.25) is 0 Å². The number of anilines is 1. The largest absolute Gasteiger partial charge is 0.465 e. The van der Waals surface area contributed by atoms with Gasteiger partial charge in [-0.25, -0.2) is 4.79 Å². The lowest BCUT2D eigenvalue weighted by atomic mass is 10.2. The molecule has 0 spiro atoms. The molecule has 1 aromatic carbocycles. The van der Waals surface area contributed by atoms with E-state index in [9.17, 15) is 4.79 Å². The summed E-state index contributed by atoms with van der Waals surface area (Å²) in [6, 6.07) is 5.49. The summed E-state index contributed by atoms with van der Waals surface area (Å²) < 4.78 is 4.69. The fraction of sp³-hybridized carbons (Fsp3) is 0.462. The third-order valence-electron chi connectivity index (χ3n) is 2.39. The van der Waals surface area contributed by atoms with Gasteiger partial charge in [0, 0.05) is 10.6 Å². The third-order valence-corrected chi connectivity index (χ3v) is 3.42. The highest BCUT2D eigenvalue weighted by atomic mass is 32.2. The molecule has 1 rings (SSSR count). The Morgan fingerprint density at radius 1 is 1.47 bits per heavy atom. The Bertz CT molecular complexity index is 391. The first-order chi connectivity index (χ1) is 8.04. The minimum atomic E-state index is -0.381. The van der Waals surface area contributed by atoms with Crippen LogP contribution >= 0.6 is 11.8 Å². The quantitative estimate of drug-likeness (QED) is 0.497. The molecule has 0 amide bonds. The van der Waals surface area contributed by atoms with E-state index in [0.717, 1.165) is 17.1 Å². The summed E-state index contributed by atoms with van der Waals surface area (Å²) in [6.45, 7) is 4.40. The van der Waals surface area contributed by atoms with Crippen molar-refractivity contribution in [1.29, 1.82) is 0 Å². The topological polar surface area (TPSA) is 52.3 Å². The number of nitrogen functional groups attached to an aromatic ring is 1. The Labute approximate surface area is 107 Å². The number of nitrogens with two attached hydrogens (primary N) is 1. The zero-order chi connectivity index (χ0) is 12.8. The minimum absolute atomic E-state index is 0.381. The Balaban J connectivity index is 2.71. The van der Waals surface area contributed by atoms with Crippen LogP contribution in [-0.2, 0) is 4.74 Å². The van der Waals surface area contributed by atoms with E-state index >= 15 is 0 Å². The van der Waals surface area contributed by atoms with Crippen LogP contribution in [-0.4, -0.2) is 18.8 Å². The number of methoxy groups -OCH3 is 1. The second-order valence-corrected chi connectivity index (χ2v) is 5.44. The number of benzene rings is 1. The van der Waals surface area contributed by atoms with Gasteiger partial charge in [-0.2, -0.15) is 0 Å². The first kappa shape index (κ1) is 13.9. The van der Waals surface area contributed by atoms with Crippen LogP contribution in [0.15, 0.2) is 23.1 Å². The van der Waals surface area contributed by atoms with Crippen molar-refractivity contribution < 1.29 is 9.53 Å². The van der Waals surface area contributed by atoms with Crippen molar-refractivity contribution in [3.05, 3.63) is 23.8 Å². The maximum atomic E-state index is 11.5. The third kappa shape index (κ3) is 4.30. The molecule has 0 bridgehead atoms. The van der Waals surface area contributed by atoms with Gasteiger partial charge in [0.25, 0.3) is 0 Å². The molecule has 0 radical (unpaired) electrons. The number of rotatable bonds is 5. The zero-order valence-corrected chi connectivity index (χ0v) is 11.3. The lowest BCUT2D eigenvalue weighted by molar-refractivity contribution is 0.0601. The molecule has 2 N–H and O–H groups in total. The average molecular weight is 253 g/mol. The van der Waals surface area contributed by atoms with Gasteiger partial charge in [-0.3, -0.25) is 0 Å². The van der Waals surface area contributed by atoms with Gasteiger partial charge in [0.05, 0.1) is 12.7 Å². The van der Waals surface area contributed by atoms with Crippen LogP contribution in [0.2, 0.25) is 0 Å². The fourth-order valence-electron chi connectivity index (χ4n) is 1.32. The molecule has 0 saturated carbocycles. The van der Waals surface area contributed by atoms with E-state index in [0.29, 0.717) is 17.2 Å². The van der Waals surface area contributed by atoms with Gasteiger partial charge in [0.1, 0.15) is 0 Å². The van der Waals surface area contributed by atoms with Gasteiger partial charge in [-0.1, -0.05) is 13.8 Å². The number of ether oxygens (including phenoxy) is 1. The van der Waals surface area contributed by atoms with Gasteiger partial charge in [-0.05, 0) is 36.3 Å². The molecule has 17 heavy (non-hydrogen) atoms. The molecule has 0 aliphatic rings. The van der Waals surface area contributed by atoms with Gasteiger partial charge >= 0.3 is 5.97 Å². The second-order valence-electron chi connectivity index (χ2n) is 4.27. The van der Waals surface area contributed by atoms with Gasteiger partial charge in [0.15, 0.2) is 0 Å². The summed E-state index contributed by atoms with van der Waals surface area (Å²) in [5, 5.41) is 0. The molecule has 0 unspecified atom stereocenters. The van der Waals surface area contributed by atoms with Crippen LogP contribution in [0, 0.1) is 5.92 Å². The van der Waals surface area contributed by atoms with Crippen molar-refractivity contribution in [3.63, 3.8) is 0 Å². The van der Waals surface area contributed by atoms with E-state index in [4.69, 9.17) is 5.73 Å². The predicted molar refractivity (Wildman–Crippen MR) is 72.4 cm³/mol. The van der Waals surface area contributed by atoms with E-state index < -0.39 is 0 Å². The van der Waals surface area contributed by atoms with Crippen LogP contribution < -0.4 is 5.73 Å². The standard InChI is InChI=1S/C13H19NO2S/c1-9(2)6-7-17-10-4-5-12(14)11(8-10)13(15)16-3/h4-5,8-9H,6-7,14H2,1-3H3. The Hall–Kier alpha value is -1.16. The van der Waals surface area contributed by atoms with Crippen LogP contribution in [0.3, 0.4) is 0 Å². The van der Waals surface area contributed by atoms with Crippen LogP contribution in [0.4, 0.5) is 5.69 Å². The van der Waals surface area contributed by atoms with Crippen molar-refractivity contribution in [3.8, 4) is 0 Å². The highest BCUT2D eigenvalue weighted by Crippen LogP contribution is 2.24. The number of thioether (sulfide) groups is 1. The molecule has 0 aromatic heterocycles. The first-order valence-corrected chi connectivity index (χ1v) is 6.63. The van der Waals surface area contributed by atoms with E-state index in [1.54, 1.807) is 23.9 Å². The Kier molecular flexibility index (Phi) is 5.35.